The van der Waals surface area contributed by atoms with Gasteiger partial charge in [0.15, 0.2) is 0 Å². The number of carbonyl (C=O) groups is 3. The van der Waals surface area contributed by atoms with Gasteiger partial charge in [0, 0.05) is 30.5 Å². The van der Waals surface area contributed by atoms with Crippen molar-refractivity contribution in [2.45, 2.75) is 70.9 Å². The molecule has 1 saturated heterocycles. The third-order valence-electron chi connectivity index (χ3n) is 5.21. The van der Waals surface area contributed by atoms with Crippen LogP contribution in [0.25, 0.3) is 0 Å². The van der Waals surface area contributed by atoms with E-state index in [0.717, 1.165) is 24.0 Å². The lowest BCUT2D eigenvalue weighted by atomic mass is 10.0. The molecule has 1 unspecified atom stereocenters. The van der Waals surface area contributed by atoms with Crippen molar-refractivity contribution >= 4 is 17.7 Å². The topological polar surface area (TPSA) is 66.5 Å². The van der Waals surface area contributed by atoms with E-state index in [0.29, 0.717) is 18.5 Å². The lowest BCUT2D eigenvalue weighted by molar-refractivity contribution is -0.136. The number of unbranched alkanes of at least 4 members (excludes halogenated alkanes) is 5. The van der Waals surface area contributed by atoms with Gasteiger partial charge in [-0.3, -0.25) is 19.7 Å². The van der Waals surface area contributed by atoms with Gasteiger partial charge in [0.2, 0.25) is 11.8 Å². The molecular weight excluding hydrogens is 340 g/mol. The highest BCUT2D eigenvalue weighted by Gasteiger charge is 2.39. The molecule has 0 aromatic heterocycles. The maximum absolute atomic E-state index is 12.8. The molecule has 1 aromatic rings. The van der Waals surface area contributed by atoms with Crippen molar-refractivity contribution in [3.8, 4) is 11.8 Å². The van der Waals surface area contributed by atoms with Crippen LogP contribution in [0.4, 0.5) is 0 Å². The molecule has 0 saturated carbocycles. The third-order valence-corrected chi connectivity index (χ3v) is 5.21. The Labute approximate surface area is 160 Å². The Morgan fingerprint density at radius 3 is 2.74 bits per heavy atom. The average Bonchev–Trinajstić information content (AvgIpc) is 2.98. The first kappa shape index (κ1) is 19.2. The van der Waals surface area contributed by atoms with Gasteiger partial charge < -0.3 is 4.90 Å². The van der Waals surface area contributed by atoms with E-state index in [4.69, 9.17) is 0 Å². The maximum Gasteiger partial charge on any atom is 0.255 e. The Kier molecular flexibility index (Phi) is 6.28. The van der Waals surface area contributed by atoms with E-state index in [1.807, 2.05) is 12.1 Å². The number of nitrogens with zero attached hydrogens (tertiary/aromatic N) is 1. The van der Waals surface area contributed by atoms with Gasteiger partial charge in [-0.15, -0.1) is 0 Å². The van der Waals surface area contributed by atoms with Gasteiger partial charge in [-0.05, 0) is 30.5 Å². The first-order valence-electron chi connectivity index (χ1n) is 9.87. The van der Waals surface area contributed by atoms with E-state index >= 15 is 0 Å². The van der Waals surface area contributed by atoms with Crippen LogP contribution in [0.1, 0.15) is 79.8 Å². The van der Waals surface area contributed by atoms with E-state index in [1.54, 1.807) is 11.0 Å². The zero-order valence-corrected chi connectivity index (χ0v) is 15.8. The summed E-state index contributed by atoms with van der Waals surface area (Å²) in [6.45, 7) is 2.58. The van der Waals surface area contributed by atoms with E-state index in [9.17, 15) is 14.4 Å². The first-order valence-corrected chi connectivity index (χ1v) is 9.87. The minimum Gasteiger partial charge on any atom is -0.322 e. The molecule has 3 rings (SSSR count). The molecule has 0 spiro atoms. The second-order valence-electron chi connectivity index (χ2n) is 7.20. The Morgan fingerprint density at radius 1 is 1.15 bits per heavy atom. The third kappa shape index (κ3) is 4.39. The SMILES string of the molecule is CCCCCCCC#Cc1cccc2c1CN(C1CCC(=O)NC1=O)C2=O. The second-order valence-corrected chi connectivity index (χ2v) is 7.20. The van der Waals surface area contributed by atoms with Crippen LogP contribution in [0.15, 0.2) is 18.2 Å². The summed E-state index contributed by atoms with van der Waals surface area (Å²) in [5, 5.41) is 2.33. The fraction of sp³-hybridized carbons (Fsp3) is 0.500. The highest BCUT2D eigenvalue weighted by molar-refractivity contribution is 6.05. The largest absolute Gasteiger partial charge is 0.322 e. The number of benzene rings is 1. The minimum absolute atomic E-state index is 0.150. The van der Waals surface area contributed by atoms with Crippen LogP contribution in [0.2, 0.25) is 0 Å². The van der Waals surface area contributed by atoms with Crippen LogP contribution in [0, 0.1) is 11.8 Å². The molecule has 5 heteroatoms. The Balaban J connectivity index is 1.67. The number of piperidine rings is 1. The number of nitrogens with one attached hydrogen (secondary N) is 1. The van der Waals surface area contributed by atoms with E-state index in [2.05, 4.69) is 24.1 Å². The lowest BCUT2D eigenvalue weighted by Crippen LogP contribution is -2.52. The molecule has 0 radical (unpaired) electrons. The maximum atomic E-state index is 12.8. The summed E-state index contributed by atoms with van der Waals surface area (Å²) >= 11 is 0. The molecule has 0 aliphatic carbocycles. The fourth-order valence-electron chi connectivity index (χ4n) is 3.68. The average molecular weight is 366 g/mol. The zero-order valence-electron chi connectivity index (χ0n) is 15.8. The fourth-order valence-corrected chi connectivity index (χ4v) is 3.68. The standard InChI is InChI=1S/C22H26N2O3/c1-2-3-4-5-6-7-8-10-16-11-9-12-17-18(16)15-24(22(17)27)19-13-14-20(25)23-21(19)26/h9,11-12,19H,2-7,13-15H2,1H3,(H,23,25,26). The summed E-state index contributed by atoms with van der Waals surface area (Å²) in [7, 11) is 0. The molecule has 1 atom stereocenters. The molecule has 5 nitrogen and oxygen atoms in total. The summed E-state index contributed by atoms with van der Waals surface area (Å²) < 4.78 is 0. The summed E-state index contributed by atoms with van der Waals surface area (Å²) in [4.78, 5) is 37.8. The van der Waals surface area contributed by atoms with Crippen molar-refractivity contribution in [1.82, 2.24) is 10.2 Å². The molecule has 1 N–H and O–H groups in total. The van der Waals surface area contributed by atoms with Crippen molar-refractivity contribution in [2.24, 2.45) is 0 Å². The van der Waals surface area contributed by atoms with Crippen LogP contribution in [-0.4, -0.2) is 28.7 Å². The lowest BCUT2D eigenvalue weighted by Gasteiger charge is -2.29. The van der Waals surface area contributed by atoms with Crippen molar-refractivity contribution < 1.29 is 14.4 Å². The molecular formula is C22H26N2O3. The van der Waals surface area contributed by atoms with Gasteiger partial charge in [-0.1, -0.05) is 50.5 Å². The van der Waals surface area contributed by atoms with Crippen LogP contribution >= 0.6 is 0 Å². The van der Waals surface area contributed by atoms with Gasteiger partial charge in [0.1, 0.15) is 6.04 Å². The normalized spacial score (nSPS) is 18.8. The van der Waals surface area contributed by atoms with Gasteiger partial charge in [0.25, 0.3) is 5.91 Å². The predicted octanol–water partition coefficient (Wildman–Crippen LogP) is 3.16. The monoisotopic (exact) mass is 366 g/mol. The molecule has 3 amide bonds. The quantitative estimate of drug-likeness (QED) is 0.478. The van der Waals surface area contributed by atoms with E-state index in [1.165, 1.54) is 25.7 Å². The first-order chi connectivity index (χ1) is 13.1. The summed E-state index contributed by atoms with van der Waals surface area (Å²) in [5.41, 5.74) is 2.38. The minimum atomic E-state index is -0.582. The molecule has 1 fully saturated rings. The second kappa shape index (κ2) is 8.85. The summed E-state index contributed by atoms with van der Waals surface area (Å²) in [5.74, 6) is 5.64. The van der Waals surface area contributed by atoms with Gasteiger partial charge >= 0.3 is 0 Å². The van der Waals surface area contributed by atoms with E-state index < -0.39 is 6.04 Å². The predicted molar refractivity (Wildman–Crippen MR) is 103 cm³/mol. The van der Waals surface area contributed by atoms with Crippen molar-refractivity contribution in [2.75, 3.05) is 0 Å². The van der Waals surface area contributed by atoms with Crippen molar-refractivity contribution in [3.63, 3.8) is 0 Å². The summed E-state index contributed by atoms with van der Waals surface area (Å²) in [6, 6.07) is 4.99. The smallest absolute Gasteiger partial charge is 0.255 e. The van der Waals surface area contributed by atoms with Gasteiger partial charge in [-0.25, -0.2) is 0 Å². The van der Waals surface area contributed by atoms with Crippen LogP contribution in [-0.2, 0) is 16.1 Å². The Morgan fingerprint density at radius 2 is 1.96 bits per heavy atom. The zero-order chi connectivity index (χ0) is 19.2. The molecule has 0 bridgehead atoms. The number of hydrogen-bond donors (Lipinski definition) is 1. The number of hydrogen-bond acceptors (Lipinski definition) is 3. The molecule has 1 aromatic carbocycles. The Bertz CT molecular complexity index is 804. The molecule has 142 valence electrons. The summed E-state index contributed by atoms with van der Waals surface area (Å²) in [6.07, 6.45) is 7.58. The van der Waals surface area contributed by atoms with Crippen LogP contribution in [0.5, 0.6) is 0 Å². The molecule has 2 aliphatic heterocycles. The molecule has 2 aliphatic rings. The number of carbonyl (C=O) groups excluding carboxylic acids is 3. The number of imide groups is 1. The van der Waals surface area contributed by atoms with Gasteiger partial charge in [-0.2, -0.15) is 0 Å². The number of fused-ring (bicyclic) bond motifs is 1. The Hall–Kier alpha value is -2.61. The highest BCUT2D eigenvalue weighted by atomic mass is 16.2. The molecule has 2 heterocycles. The number of amides is 3. The van der Waals surface area contributed by atoms with Crippen molar-refractivity contribution in [1.29, 1.82) is 0 Å². The highest BCUT2D eigenvalue weighted by Crippen LogP contribution is 2.29. The van der Waals surface area contributed by atoms with Crippen LogP contribution < -0.4 is 5.32 Å². The van der Waals surface area contributed by atoms with Gasteiger partial charge in [0.05, 0.1) is 0 Å². The van der Waals surface area contributed by atoms with Crippen LogP contribution in [0.3, 0.4) is 0 Å². The number of rotatable bonds is 6. The molecule has 27 heavy (non-hydrogen) atoms. The van der Waals surface area contributed by atoms with E-state index in [-0.39, 0.29) is 24.1 Å². The van der Waals surface area contributed by atoms with Crippen molar-refractivity contribution in [3.05, 3.63) is 34.9 Å².